The van der Waals surface area contributed by atoms with Gasteiger partial charge in [-0.05, 0) is 23.8 Å². The molecule has 25 heavy (non-hydrogen) atoms. The number of aromatic nitrogens is 3. The Kier molecular flexibility index (Phi) is 4.31. The van der Waals surface area contributed by atoms with Crippen LogP contribution in [0.2, 0.25) is 4.34 Å². The lowest BCUT2D eigenvalue weighted by molar-refractivity contribution is 0.250. The van der Waals surface area contributed by atoms with Crippen LogP contribution >= 0.6 is 34.7 Å². The van der Waals surface area contributed by atoms with Crippen molar-refractivity contribution in [2.24, 2.45) is 0 Å². The number of nitrogens with zero attached hydrogens (tertiary/aromatic N) is 3. The second-order valence-electron chi connectivity index (χ2n) is 5.57. The van der Waals surface area contributed by atoms with Gasteiger partial charge in [-0.1, -0.05) is 29.4 Å². The van der Waals surface area contributed by atoms with Gasteiger partial charge < -0.3 is 4.74 Å². The van der Waals surface area contributed by atoms with Crippen LogP contribution in [-0.2, 0) is 16.9 Å². The minimum Gasteiger partial charge on any atom is -0.354 e. The monoisotopic (exact) mass is 399 g/mol. The zero-order chi connectivity index (χ0) is 17.6. The lowest BCUT2D eigenvalue weighted by Crippen LogP contribution is -2.22. The van der Waals surface area contributed by atoms with Crippen molar-refractivity contribution in [2.45, 2.75) is 23.4 Å². The van der Waals surface area contributed by atoms with E-state index < -0.39 is 23.3 Å². The first-order valence-corrected chi connectivity index (χ1v) is 9.81. The smallest absolute Gasteiger partial charge is 0.185 e. The van der Waals surface area contributed by atoms with Crippen LogP contribution in [0.5, 0.6) is 0 Å². The summed E-state index contributed by atoms with van der Waals surface area (Å²) in [5, 5.41) is 6.74. The molecule has 0 aliphatic carbocycles. The van der Waals surface area contributed by atoms with Crippen molar-refractivity contribution >= 4 is 34.7 Å². The summed E-state index contributed by atoms with van der Waals surface area (Å²) in [6.45, 7) is 0.253. The van der Waals surface area contributed by atoms with Gasteiger partial charge in [0.15, 0.2) is 5.16 Å². The van der Waals surface area contributed by atoms with Crippen LogP contribution < -0.4 is 0 Å². The molecule has 0 amide bonds. The lowest BCUT2D eigenvalue weighted by atomic mass is 9.92. The van der Waals surface area contributed by atoms with E-state index >= 15 is 0 Å². The number of thioether (sulfide) groups is 1. The molecule has 1 fully saturated rings. The second kappa shape index (κ2) is 6.35. The number of ether oxygens (including phenoxy) is 1. The van der Waals surface area contributed by atoms with E-state index in [4.69, 9.17) is 16.3 Å². The van der Waals surface area contributed by atoms with Gasteiger partial charge in [-0.3, -0.25) is 0 Å². The summed E-state index contributed by atoms with van der Waals surface area (Å²) < 4.78 is 36.1. The molecule has 0 bridgehead atoms. The number of halogens is 3. The van der Waals surface area contributed by atoms with Gasteiger partial charge in [-0.25, -0.2) is 18.4 Å². The maximum Gasteiger partial charge on any atom is 0.185 e. The Morgan fingerprint density at radius 2 is 2.24 bits per heavy atom. The normalized spacial score (nSPS) is 22.3. The van der Waals surface area contributed by atoms with Crippen LogP contribution in [0.4, 0.5) is 8.78 Å². The molecule has 0 spiro atoms. The van der Waals surface area contributed by atoms with Crippen LogP contribution in [0.15, 0.2) is 41.1 Å². The lowest BCUT2D eigenvalue weighted by Gasteiger charge is -2.16. The maximum atomic E-state index is 14.5. The molecule has 0 radical (unpaired) electrons. The van der Waals surface area contributed by atoms with E-state index in [0.717, 1.165) is 11.6 Å². The van der Waals surface area contributed by atoms with Crippen LogP contribution in [0.3, 0.4) is 0 Å². The van der Waals surface area contributed by atoms with E-state index in [0.29, 0.717) is 9.49 Å². The van der Waals surface area contributed by atoms with Gasteiger partial charge in [-0.2, -0.15) is 5.10 Å². The third-order valence-electron chi connectivity index (χ3n) is 4.16. The highest BCUT2D eigenvalue weighted by Crippen LogP contribution is 2.60. The molecule has 0 N–H and O–H groups in total. The first kappa shape index (κ1) is 17.0. The Morgan fingerprint density at radius 3 is 2.92 bits per heavy atom. The number of benzene rings is 1. The molecule has 1 aliphatic rings. The topological polar surface area (TPSA) is 43.2 Å². The fourth-order valence-electron chi connectivity index (χ4n) is 2.97. The standard InChI is InChI=1S/C16H12ClF2N3OS2/c1-24-15-20-8-21-22(15)7-16(11-3-2-9(18)6-12(11)19)13(23-16)10-4-5-25-14(10)17/h2-6,8,13H,7H2,1H3/t13-,16-/m1/s1. The molecule has 1 aliphatic heterocycles. The molecule has 0 saturated carbocycles. The minimum atomic E-state index is -0.999. The van der Waals surface area contributed by atoms with E-state index in [-0.39, 0.29) is 12.1 Å². The molecule has 4 nitrogen and oxygen atoms in total. The first-order chi connectivity index (χ1) is 12.0. The summed E-state index contributed by atoms with van der Waals surface area (Å²) in [4.78, 5) is 4.16. The summed E-state index contributed by atoms with van der Waals surface area (Å²) in [6, 6.07) is 5.37. The van der Waals surface area contributed by atoms with E-state index in [2.05, 4.69) is 10.1 Å². The highest BCUT2D eigenvalue weighted by molar-refractivity contribution is 7.98. The van der Waals surface area contributed by atoms with Crippen molar-refractivity contribution < 1.29 is 13.5 Å². The third-order valence-corrected chi connectivity index (χ3v) is 6.04. The fourth-order valence-corrected chi connectivity index (χ4v) is 4.40. The molecular weight excluding hydrogens is 388 g/mol. The van der Waals surface area contributed by atoms with Gasteiger partial charge in [-0.15, -0.1) is 11.3 Å². The van der Waals surface area contributed by atoms with Crippen molar-refractivity contribution in [3.8, 4) is 0 Å². The summed E-state index contributed by atoms with van der Waals surface area (Å²) in [6.07, 6.45) is 2.90. The number of hydrogen-bond acceptors (Lipinski definition) is 5. The molecule has 3 aromatic rings. The largest absolute Gasteiger partial charge is 0.354 e. The predicted molar refractivity (Wildman–Crippen MR) is 93.0 cm³/mol. The zero-order valence-electron chi connectivity index (χ0n) is 12.9. The van der Waals surface area contributed by atoms with Gasteiger partial charge in [0, 0.05) is 17.2 Å². The molecule has 1 saturated heterocycles. The van der Waals surface area contributed by atoms with Crippen molar-refractivity contribution in [3.05, 3.63) is 63.1 Å². The predicted octanol–water partition coefficient (Wildman–Crippen LogP) is 4.66. The number of rotatable bonds is 5. The van der Waals surface area contributed by atoms with E-state index in [1.807, 2.05) is 17.7 Å². The Labute approximate surface area is 155 Å². The van der Waals surface area contributed by atoms with Crippen LogP contribution in [-0.4, -0.2) is 21.0 Å². The van der Waals surface area contributed by atoms with Crippen LogP contribution in [0.25, 0.3) is 0 Å². The molecule has 2 aromatic heterocycles. The highest BCUT2D eigenvalue weighted by atomic mass is 35.5. The molecule has 9 heteroatoms. The Hall–Kier alpha value is -1.48. The minimum absolute atomic E-state index is 0.253. The van der Waals surface area contributed by atoms with E-state index in [1.54, 1.807) is 4.68 Å². The molecule has 130 valence electrons. The van der Waals surface area contributed by atoms with Gasteiger partial charge in [0.05, 0.1) is 10.9 Å². The number of hydrogen-bond donors (Lipinski definition) is 0. The van der Waals surface area contributed by atoms with Crippen molar-refractivity contribution in [3.63, 3.8) is 0 Å². The van der Waals surface area contributed by atoms with Crippen molar-refractivity contribution in [1.82, 2.24) is 14.8 Å². The fraction of sp³-hybridized carbons (Fsp3) is 0.250. The number of thiophene rings is 1. The highest BCUT2D eigenvalue weighted by Gasteiger charge is 2.61. The summed E-state index contributed by atoms with van der Waals surface area (Å²) in [5.41, 5.74) is 0.0747. The third kappa shape index (κ3) is 2.87. The van der Waals surface area contributed by atoms with Crippen LogP contribution in [0, 0.1) is 11.6 Å². The zero-order valence-corrected chi connectivity index (χ0v) is 15.3. The van der Waals surface area contributed by atoms with Gasteiger partial charge in [0.2, 0.25) is 0 Å². The van der Waals surface area contributed by atoms with Gasteiger partial charge >= 0.3 is 0 Å². The Morgan fingerprint density at radius 1 is 1.40 bits per heavy atom. The van der Waals surface area contributed by atoms with E-state index in [1.165, 1.54) is 41.6 Å². The van der Waals surface area contributed by atoms with Gasteiger partial charge in [0.25, 0.3) is 0 Å². The SMILES string of the molecule is CSc1ncnn1C[C@]1(c2ccc(F)cc2F)O[C@@H]1c1ccsc1Cl. The molecule has 2 atom stereocenters. The summed E-state index contributed by atoms with van der Waals surface area (Å²) >= 11 is 9.05. The Balaban J connectivity index is 1.78. The summed E-state index contributed by atoms with van der Waals surface area (Å²) in [5.74, 6) is -1.28. The second-order valence-corrected chi connectivity index (χ2v) is 7.86. The summed E-state index contributed by atoms with van der Waals surface area (Å²) in [7, 11) is 0. The van der Waals surface area contributed by atoms with Crippen molar-refractivity contribution in [2.75, 3.05) is 6.26 Å². The molecule has 0 unspecified atom stereocenters. The average Bonchev–Trinajstić information content (AvgIpc) is 2.91. The Bertz CT molecular complexity index is 932. The quantitative estimate of drug-likeness (QED) is 0.462. The van der Waals surface area contributed by atoms with Crippen molar-refractivity contribution in [1.29, 1.82) is 0 Å². The van der Waals surface area contributed by atoms with Crippen LogP contribution in [0.1, 0.15) is 17.2 Å². The average molecular weight is 400 g/mol. The first-order valence-electron chi connectivity index (χ1n) is 7.33. The maximum absolute atomic E-state index is 14.5. The molecule has 1 aromatic carbocycles. The number of epoxide rings is 1. The molecular formula is C16H12ClF2N3OS2. The van der Waals surface area contributed by atoms with Gasteiger partial charge in [0.1, 0.15) is 29.7 Å². The molecule has 3 heterocycles. The molecule has 4 rings (SSSR count). The van der Waals surface area contributed by atoms with E-state index in [9.17, 15) is 8.78 Å².